The molecule has 3 nitrogen and oxygen atoms in total. The smallest absolute Gasteiger partial charge is 0.161 e. The van der Waals surface area contributed by atoms with Gasteiger partial charge in [0.15, 0.2) is 11.5 Å². The Kier molecular flexibility index (Phi) is 3.82. The second-order valence-corrected chi connectivity index (χ2v) is 6.34. The van der Waals surface area contributed by atoms with E-state index in [0.29, 0.717) is 5.41 Å². The molecular formula is C18H24NO2+. The normalized spacial score (nSPS) is 22.6. The summed E-state index contributed by atoms with van der Waals surface area (Å²) in [5, 5.41) is 0. The van der Waals surface area contributed by atoms with Crippen molar-refractivity contribution in [2.24, 2.45) is 0 Å². The van der Waals surface area contributed by atoms with Gasteiger partial charge in [-0.3, -0.25) is 0 Å². The lowest BCUT2D eigenvalue weighted by Crippen LogP contribution is -3.13. The van der Waals surface area contributed by atoms with Crippen LogP contribution in [0.15, 0.2) is 12.1 Å². The van der Waals surface area contributed by atoms with Crippen LogP contribution in [0, 0.1) is 12.3 Å². The first-order chi connectivity index (χ1) is 10.2. The molecule has 1 aromatic carbocycles. The van der Waals surface area contributed by atoms with E-state index in [0.717, 1.165) is 31.1 Å². The van der Waals surface area contributed by atoms with Crippen molar-refractivity contribution in [2.45, 2.75) is 37.6 Å². The molecule has 1 unspecified atom stereocenters. The van der Waals surface area contributed by atoms with Gasteiger partial charge in [0.05, 0.1) is 20.8 Å². The number of hydrogen-bond donors (Lipinski definition) is 1. The predicted molar refractivity (Wildman–Crippen MR) is 82.9 cm³/mol. The first-order valence-electron chi connectivity index (χ1n) is 7.75. The summed E-state index contributed by atoms with van der Waals surface area (Å²) in [6.07, 6.45) is 10.7. The molecule has 1 aliphatic carbocycles. The van der Waals surface area contributed by atoms with Gasteiger partial charge in [0.2, 0.25) is 0 Å². The maximum Gasteiger partial charge on any atom is 0.161 e. The maximum atomic E-state index is 5.55. The molecule has 0 aromatic heterocycles. The van der Waals surface area contributed by atoms with Gasteiger partial charge in [-0.2, -0.15) is 0 Å². The van der Waals surface area contributed by atoms with Gasteiger partial charge < -0.3 is 14.4 Å². The fourth-order valence-corrected chi connectivity index (χ4v) is 4.23. The predicted octanol–water partition coefficient (Wildman–Crippen LogP) is 1.55. The Hall–Kier alpha value is -1.66. The van der Waals surface area contributed by atoms with Crippen LogP contribution in [0.25, 0.3) is 0 Å². The minimum atomic E-state index is 0.291. The van der Waals surface area contributed by atoms with E-state index in [2.05, 4.69) is 18.1 Å². The number of terminal acetylenes is 1. The van der Waals surface area contributed by atoms with E-state index < -0.39 is 0 Å². The second kappa shape index (κ2) is 5.61. The number of hydrogen-bond acceptors (Lipinski definition) is 2. The number of nitrogens with one attached hydrogen (secondary N) is 1. The van der Waals surface area contributed by atoms with Gasteiger partial charge in [-0.15, -0.1) is 6.42 Å². The van der Waals surface area contributed by atoms with Crippen molar-refractivity contribution in [3.8, 4) is 23.8 Å². The third-order valence-corrected chi connectivity index (χ3v) is 5.12. The Morgan fingerprint density at radius 1 is 1.19 bits per heavy atom. The molecule has 1 heterocycles. The van der Waals surface area contributed by atoms with Gasteiger partial charge in [-0.05, 0) is 36.5 Å². The molecule has 2 aliphatic rings. The number of methoxy groups -OCH3 is 2. The molecule has 1 fully saturated rings. The lowest BCUT2D eigenvalue weighted by molar-refractivity contribution is -0.913. The zero-order valence-corrected chi connectivity index (χ0v) is 13.0. The molecular weight excluding hydrogens is 262 g/mol. The van der Waals surface area contributed by atoms with E-state index in [4.69, 9.17) is 15.9 Å². The van der Waals surface area contributed by atoms with Crippen molar-refractivity contribution < 1.29 is 14.4 Å². The van der Waals surface area contributed by atoms with Crippen LogP contribution in [0.2, 0.25) is 0 Å². The maximum absolute atomic E-state index is 5.55. The van der Waals surface area contributed by atoms with E-state index in [1.165, 1.54) is 41.7 Å². The molecule has 21 heavy (non-hydrogen) atoms. The molecule has 0 bridgehead atoms. The second-order valence-electron chi connectivity index (χ2n) is 6.34. The Labute approximate surface area is 127 Å². The molecule has 1 atom stereocenters. The minimum Gasteiger partial charge on any atom is -0.493 e. The topological polar surface area (TPSA) is 22.9 Å². The van der Waals surface area contributed by atoms with Gasteiger partial charge >= 0.3 is 0 Å². The van der Waals surface area contributed by atoms with Crippen molar-refractivity contribution in [1.82, 2.24) is 0 Å². The van der Waals surface area contributed by atoms with E-state index in [-0.39, 0.29) is 0 Å². The molecule has 112 valence electrons. The van der Waals surface area contributed by atoms with Gasteiger partial charge in [0.25, 0.3) is 0 Å². The quantitative estimate of drug-likeness (QED) is 0.852. The number of ether oxygens (including phenoxy) is 2. The Bertz CT molecular complexity index is 567. The van der Waals surface area contributed by atoms with Crippen molar-refractivity contribution in [2.75, 3.05) is 27.3 Å². The van der Waals surface area contributed by atoms with E-state index in [9.17, 15) is 0 Å². The molecule has 0 radical (unpaired) electrons. The minimum absolute atomic E-state index is 0.291. The summed E-state index contributed by atoms with van der Waals surface area (Å²) < 4.78 is 11.0. The average molecular weight is 286 g/mol. The van der Waals surface area contributed by atoms with Crippen LogP contribution in [0.1, 0.15) is 36.8 Å². The summed E-state index contributed by atoms with van der Waals surface area (Å²) in [5.41, 5.74) is 3.14. The monoisotopic (exact) mass is 286 g/mol. The highest BCUT2D eigenvalue weighted by molar-refractivity contribution is 5.50. The largest absolute Gasteiger partial charge is 0.493 e. The fourth-order valence-electron chi connectivity index (χ4n) is 4.23. The Balaban J connectivity index is 2.08. The number of rotatable bonds is 3. The van der Waals surface area contributed by atoms with E-state index >= 15 is 0 Å². The third kappa shape index (κ3) is 2.38. The van der Waals surface area contributed by atoms with Crippen LogP contribution in [0.3, 0.4) is 0 Å². The van der Waals surface area contributed by atoms with Crippen LogP contribution in [0.5, 0.6) is 11.5 Å². The lowest BCUT2D eigenvalue weighted by atomic mass is 9.73. The SMILES string of the molecule is C#CC[NH+]1Cc2cc(OC)c(OC)cc2C2(CCCC2)C1. The third-order valence-electron chi connectivity index (χ3n) is 5.12. The zero-order valence-electron chi connectivity index (χ0n) is 13.0. The summed E-state index contributed by atoms with van der Waals surface area (Å²) >= 11 is 0. The molecule has 0 saturated heterocycles. The molecule has 1 aliphatic heterocycles. The first kappa shape index (κ1) is 14.3. The van der Waals surface area contributed by atoms with Gasteiger partial charge in [0.1, 0.15) is 13.1 Å². The van der Waals surface area contributed by atoms with Crippen molar-refractivity contribution in [3.05, 3.63) is 23.3 Å². The molecule has 1 saturated carbocycles. The summed E-state index contributed by atoms with van der Waals surface area (Å²) in [6.45, 7) is 2.94. The number of fused-ring (bicyclic) bond motifs is 2. The summed E-state index contributed by atoms with van der Waals surface area (Å²) in [6, 6.07) is 4.37. The van der Waals surface area contributed by atoms with E-state index in [1.807, 2.05) is 0 Å². The molecule has 1 spiro atoms. The number of benzene rings is 1. The van der Waals surface area contributed by atoms with Crippen molar-refractivity contribution in [1.29, 1.82) is 0 Å². The standard InChI is InChI=1S/C18H23NO2/c1-4-9-19-12-14-10-16(20-2)17(21-3)11-15(14)18(13-19)7-5-6-8-18/h1,10-11H,5-9,12-13H2,2-3H3/p+1. The van der Waals surface area contributed by atoms with Crippen LogP contribution in [-0.2, 0) is 12.0 Å². The summed E-state index contributed by atoms with van der Waals surface area (Å²) in [7, 11) is 3.41. The van der Waals surface area contributed by atoms with Gasteiger partial charge in [-0.1, -0.05) is 12.8 Å². The van der Waals surface area contributed by atoms with Crippen LogP contribution in [0.4, 0.5) is 0 Å². The fraction of sp³-hybridized carbons (Fsp3) is 0.556. The summed E-state index contributed by atoms with van der Waals surface area (Å²) in [4.78, 5) is 1.50. The molecule has 1 N–H and O–H groups in total. The van der Waals surface area contributed by atoms with Crippen LogP contribution >= 0.6 is 0 Å². The van der Waals surface area contributed by atoms with E-state index in [1.54, 1.807) is 14.2 Å². The molecule has 3 heteroatoms. The summed E-state index contributed by atoms with van der Waals surface area (Å²) in [5.74, 6) is 4.51. The molecule has 1 aromatic rings. The average Bonchev–Trinajstić information content (AvgIpc) is 2.95. The highest BCUT2D eigenvalue weighted by Gasteiger charge is 2.44. The van der Waals surface area contributed by atoms with Crippen molar-refractivity contribution in [3.63, 3.8) is 0 Å². The molecule has 3 rings (SSSR count). The van der Waals surface area contributed by atoms with Gasteiger partial charge in [0, 0.05) is 11.0 Å². The highest BCUT2D eigenvalue weighted by atomic mass is 16.5. The Morgan fingerprint density at radius 3 is 2.48 bits per heavy atom. The molecule has 0 amide bonds. The lowest BCUT2D eigenvalue weighted by Gasteiger charge is -2.39. The van der Waals surface area contributed by atoms with Crippen molar-refractivity contribution >= 4 is 0 Å². The van der Waals surface area contributed by atoms with Gasteiger partial charge in [-0.25, -0.2) is 0 Å². The number of quaternary nitrogens is 1. The van der Waals surface area contributed by atoms with Crippen LogP contribution in [-0.4, -0.2) is 27.3 Å². The highest BCUT2D eigenvalue weighted by Crippen LogP contribution is 2.45. The Morgan fingerprint density at radius 2 is 1.86 bits per heavy atom. The van der Waals surface area contributed by atoms with Crippen LogP contribution < -0.4 is 14.4 Å². The zero-order chi connectivity index (χ0) is 14.9. The first-order valence-corrected chi connectivity index (χ1v) is 7.75.